The second-order valence-corrected chi connectivity index (χ2v) is 6.93. The topological polar surface area (TPSA) is 32.3 Å². The quantitative estimate of drug-likeness (QED) is 0.923. The fraction of sp³-hybridized carbons (Fsp3) is 0.316. The Morgan fingerprint density at radius 3 is 2.13 bits per heavy atom. The molecule has 1 heterocycles. The summed E-state index contributed by atoms with van der Waals surface area (Å²) in [5, 5.41) is 3.78. The van der Waals surface area contributed by atoms with E-state index in [9.17, 15) is 4.79 Å². The van der Waals surface area contributed by atoms with Gasteiger partial charge in [0.15, 0.2) is 0 Å². The van der Waals surface area contributed by atoms with E-state index in [4.69, 9.17) is 0 Å². The molecule has 2 aromatic carbocycles. The Hall–Kier alpha value is -1.94. The molecule has 3 rings (SSSR count). The Morgan fingerprint density at radius 1 is 1.09 bits per heavy atom. The number of rotatable bonds is 4. The first-order chi connectivity index (χ1) is 11.3. The molecular weight excluding hydrogens is 304 g/mol. The Kier molecular flexibility index (Phi) is 5.23. The number of carbonyl (C=O) groups excluding carboxylic acids is 1. The second kappa shape index (κ2) is 7.55. The Morgan fingerprint density at radius 2 is 1.65 bits per heavy atom. The van der Waals surface area contributed by atoms with Crippen LogP contribution < -0.4 is 5.32 Å². The van der Waals surface area contributed by atoms with Crippen molar-refractivity contribution in [3.8, 4) is 0 Å². The number of benzene rings is 2. The molecule has 2 amide bonds. The zero-order valence-electron chi connectivity index (χ0n) is 13.3. The van der Waals surface area contributed by atoms with Crippen molar-refractivity contribution in [2.24, 2.45) is 0 Å². The lowest BCUT2D eigenvalue weighted by Gasteiger charge is -2.24. The standard InChI is InChI=1S/C19H22N2OS/c1-23-17-12-13-21(14-17)19(22)20-18(15-8-4-2-5-9-15)16-10-6-3-7-11-16/h2-11,17-18H,12-14H2,1H3,(H,20,22)/t17-/m0/s1. The van der Waals surface area contributed by atoms with Gasteiger partial charge < -0.3 is 10.2 Å². The van der Waals surface area contributed by atoms with Gasteiger partial charge in [-0.25, -0.2) is 4.79 Å². The van der Waals surface area contributed by atoms with E-state index in [2.05, 4.69) is 35.8 Å². The summed E-state index contributed by atoms with van der Waals surface area (Å²) in [7, 11) is 0. The van der Waals surface area contributed by atoms with Crippen LogP contribution in [0, 0.1) is 0 Å². The number of nitrogens with one attached hydrogen (secondary N) is 1. The van der Waals surface area contributed by atoms with Crippen molar-refractivity contribution in [3.05, 3.63) is 71.8 Å². The molecule has 2 aromatic rings. The first-order valence-corrected chi connectivity index (χ1v) is 9.25. The molecule has 0 saturated carbocycles. The second-order valence-electron chi connectivity index (χ2n) is 5.80. The monoisotopic (exact) mass is 326 g/mol. The number of urea groups is 1. The van der Waals surface area contributed by atoms with Crippen LogP contribution in [0.25, 0.3) is 0 Å². The van der Waals surface area contributed by atoms with Crippen molar-refractivity contribution in [2.75, 3.05) is 19.3 Å². The van der Waals surface area contributed by atoms with Crippen molar-refractivity contribution in [1.29, 1.82) is 0 Å². The molecule has 1 N–H and O–H groups in total. The Bertz CT molecular complexity index is 593. The van der Waals surface area contributed by atoms with E-state index in [1.54, 1.807) is 0 Å². The number of thioether (sulfide) groups is 1. The smallest absolute Gasteiger partial charge is 0.318 e. The van der Waals surface area contributed by atoms with Gasteiger partial charge in [0, 0.05) is 18.3 Å². The van der Waals surface area contributed by atoms with Crippen LogP contribution in [0.5, 0.6) is 0 Å². The summed E-state index contributed by atoms with van der Waals surface area (Å²) < 4.78 is 0. The molecule has 0 aromatic heterocycles. The van der Waals surface area contributed by atoms with Crippen molar-refractivity contribution in [2.45, 2.75) is 17.7 Å². The fourth-order valence-corrected chi connectivity index (χ4v) is 3.64. The minimum absolute atomic E-state index is 0.0271. The Labute approximate surface area is 142 Å². The predicted octanol–water partition coefficient (Wildman–Crippen LogP) is 3.92. The number of carbonyl (C=O) groups is 1. The van der Waals surface area contributed by atoms with Gasteiger partial charge in [-0.15, -0.1) is 0 Å². The third kappa shape index (κ3) is 3.88. The van der Waals surface area contributed by atoms with Crippen LogP contribution in [0.1, 0.15) is 23.6 Å². The van der Waals surface area contributed by atoms with Gasteiger partial charge in [0.05, 0.1) is 6.04 Å². The highest BCUT2D eigenvalue weighted by Gasteiger charge is 2.27. The predicted molar refractivity (Wildman–Crippen MR) is 96.8 cm³/mol. The third-order valence-electron chi connectivity index (χ3n) is 4.30. The van der Waals surface area contributed by atoms with E-state index >= 15 is 0 Å². The summed E-state index contributed by atoms with van der Waals surface area (Å²) in [6.45, 7) is 1.68. The molecule has 1 aliphatic heterocycles. The highest BCUT2D eigenvalue weighted by Crippen LogP contribution is 2.24. The summed E-state index contributed by atoms with van der Waals surface area (Å²) >= 11 is 1.84. The molecule has 1 fully saturated rings. The first-order valence-electron chi connectivity index (χ1n) is 7.96. The van der Waals surface area contributed by atoms with Crippen LogP contribution >= 0.6 is 11.8 Å². The summed E-state index contributed by atoms with van der Waals surface area (Å²) in [6.07, 6.45) is 3.19. The highest BCUT2D eigenvalue weighted by atomic mass is 32.2. The van der Waals surface area contributed by atoms with Gasteiger partial charge in [0.25, 0.3) is 0 Å². The minimum Gasteiger partial charge on any atom is -0.327 e. The zero-order valence-corrected chi connectivity index (χ0v) is 14.1. The largest absolute Gasteiger partial charge is 0.327 e. The molecule has 0 unspecified atom stereocenters. The normalized spacial score (nSPS) is 17.5. The number of likely N-dealkylation sites (tertiary alicyclic amines) is 1. The zero-order chi connectivity index (χ0) is 16.1. The lowest BCUT2D eigenvalue weighted by Crippen LogP contribution is -2.40. The van der Waals surface area contributed by atoms with Gasteiger partial charge >= 0.3 is 6.03 Å². The van der Waals surface area contributed by atoms with E-state index < -0.39 is 0 Å². The van der Waals surface area contributed by atoms with E-state index in [0.717, 1.165) is 30.6 Å². The number of hydrogen-bond acceptors (Lipinski definition) is 2. The molecule has 1 aliphatic rings. The van der Waals surface area contributed by atoms with Crippen LogP contribution in [0.2, 0.25) is 0 Å². The first kappa shape index (κ1) is 15.9. The van der Waals surface area contributed by atoms with Crippen molar-refractivity contribution < 1.29 is 4.79 Å². The average Bonchev–Trinajstić information content (AvgIpc) is 3.10. The molecule has 1 atom stereocenters. The average molecular weight is 326 g/mol. The molecule has 23 heavy (non-hydrogen) atoms. The maximum Gasteiger partial charge on any atom is 0.318 e. The highest BCUT2D eigenvalue weighted by molar-refractivity contribution is 7.99. The summed E-state index contributed by atoms with van der Waals surface area (Å²) in [4.78, 5) is 14.6. The summed E-state index contributed by atoms with van der Waals surface area (Å²) in [5.41, 5.74) is 2.21. The minimum atomic E-state index is -0.113. The molecule has 3 nitrogen and oxygen atoms in total. The molecule has 0 bridgehead atoms. The maximum absolute atomic E-state index is 12.7. The maximum atomic E-state index is 12.7. The molecule has 0 radical (unpaired) electrons. The number of nitrogens with zero attached hydrogens (tertiary/aromatic N) is 1. The Balaban J connectivity index is 1.78. The van der Waals surface area contributed by atoms with Crippen LogP contribution in [0.3, 0.4) is 0 Å². The van der Waals surface area contributed by atoms with Crippen LogP contribution in [-0.2, 0) is 0 Å². The van der Waals surface area contributed by atoms with Crippen molar-refractivity contribution in [3.63, 3.8) is 0 Å². The third-order valence-corrected chi connectivity index (χ3v) is 5.35. The number of hydrogen-bond donors (Lipinski definition) is 1. The summed E-state index contributed by atoms with van der Waals surface area (Å²) in [6, 6.07) is 20.2. The van der Waals surface area contributed by atoms with E-state index in [1.807, 2.05) is 53.1 Å². The van der Waals surface area contributed by atoms with E-state index in [-0.39, 0.29) is 12.1 Å². The van der Waals surface area contributed by atoms with Crippen molar-refractivity contribution >= 4 is 17.8 Å². The van der Waals surface area contributed by atoms with Crippen LogP contribution in [0.4, 0.5) is 4.79 Å². The molecule has 0 aliphatic carbocycles. The number of amides is 2. The van der Waals surface area contributed by atoms with Gasteiger partial charge in [-0.2, -0.15) is 11.8 Å². The van der Waals surface area contributed by atoms with Gasteiger partial charge in [-0.1, -0.05) is 60.7 Å². The van der Waals surface area contributed by atoms with Gasteiger partial charge in [-0.3, -0.25) is 0 Å². The fourth-order valence-electron chi connectivity index (χ4n) is 2.97. The molecule has 0 spiro atoms. The lowest BCUT2D eigenvalue weighted by atomic mass is 9.99. The molecule has 1 saturated heterocycles. The van der Waals surface area contributed by atoms with Crippen LogP contribution in [0.15, 0.2) is 60.7 Å². The van der Waals surface area contributed by atoms with Gasteiger partial charge in [0.1, 0.15) is 0 Å². The van der Waals surface area contributed by atoms with Gasteiger partial charge in [-0.05, 0) is 23.8 Å². The molecule has 120 valence electrons. The van der Waals surface area contributed by atoms with E-state index in [0.29, 0.717) is 5.25 Å². The lowest BCUT2D eigenvalue weighted by molar-refractivity contribution is 0.206. The molecule has 4 heteroatoms. The van der Waals surface area contributed by atoms with Gasteiger partial charge in [0.2, 0.25) is 0 Å². The molecular formula is C19H22N2OS. The van der Waals surface area contributed by atoms with Crippen molar-refractivity contribution in [1.82, 2.24) is 10.2 Å². The van der Waals surface area contributed by atoms with Crippen LogP contribution in [-0.4, -0.2) is 35.5 Å². The SMILES string of the molecule is CS[C@H]1CCN(C(=O)NC(c2ccccc2)c2ccccc2)C1. The van der Waals surface area contributed by atoms with E-state index in [1.165, 1.54) is 0 Å². The summed E-state index contributed by atoms with van der Waals surface area (Å²) in [5.74, 6) is 0.